The van der Waals surface area contributed by atoms with E-state index in [0.29, 0.717) is 11.4 Å². The number of pyridine rings is 1. The van der Waals surface area contributed by atoms with Gasteiger partial charge in [-0.1, -0.05) is 0 Å². The number of rotatable bonds is 5. The van der Waals surface area contributed by atoms with E-state index in [4.69, 9.17) is 5.11 Å². The molecule has 0 aliphatic rings. The summed E-state index contributed by atoms with van der Waals surface area (Å²) in [6, 6.07) is 3.07. The number of nitrogens with one attached hydrogen (secondary N) is 2. The Morgan fingerprint density at radius 2 is 2.06 bits per heavy atom. The topological polar surface area (TPSA) is 108 Å². The van der Waals surface area contributed by atoms with E-state index in [1.807, 2.05) is 0 Å². The Morgan fingerprint density at radius 3 is 2.56 bits per heavy atom. The van der Waals surface area contributed by atoms with Crippen molar-refractivity contribution in [3.8, 4) is 0 Å². The standard InChI is InChI=1S/C11H13N3O4/c1-7(15)12-6-10(16)14-9-3-2-8(13-5-9)4-11(17)18/h2-3,5H,4,6H2,1H3,(H,12,15)(H,14,16)(H,17,18). The lowest BCUT2D eigenvalue weighted by atomic mass is 10.2. The Bertz CT molecular complexity index is 456. The SMILES string of the molecule is CC(=O)NCC(=O)Nc1ccc(CC(=O)O)nc1. The van der Waals surface area contributed by atoms with Crippen molar-refractivity contribution in [2.75, 3.05) is 11.9 Å². The van der Waals surface area contributed by atoms with Crippen molar-refractivity contribution in [3.05, 3.63) is 24.0 Å². The Balaban J connectivity index is 2.50. The van der Waals surface area contributed by atoms with Crippen LogP contribution in [0, 0.1) is 0 Å². The highest BCUT2D eigenvalue weighted by molar-refractivity contribution is 5.94. The minimum atomic E-state index is -0.968. The molecule has 0 atom stereocenters. The van der Waals surface area contributed by atoms with Gasteiger partial charge in [-0.25, -0.2) is 0 Å². The number of hydrogen-bond acceptors (Lipinski definition) is 4. The molecule has 0 bridgehead atoms. The van der Waals surface area contributed by atoms with Crippen LogP contribution in [0.4, 0.5) is 5.69 Å². The highest BCUT2D eigenvalue weighted by Gasteiger charge is 2.05. The van der Waals surface area contributed by atoms with Gasteiger partial charge in [0, 0.05) is 6.92 Å². The third-order valence-corrected chi connectivity index (χ3v) is 1.94. The second-order valence-corrected chi connectivity index (χ2v) is 3.57. The van der Waals surface area contributed by atoms with Gasteiger partial charge in [-0.2, -0.15) is 0 Å². The predicted molar refractivity (Wildman–Crippen MR) is 62.9 cm³/mol. The third kappa shape index (κ3) is 5.06. The third-order valence-electron chi connectivity index (χ3n) is 1.94. The van der Waals surface area contributed by atoms with Crippen molar-refractivity contribution in [3.63, 3.8) is 0 Å². The van der Waals surface area contributed by atoms with Gasteiger partial charge in [-0.05, 0) is 12.1 Å². The zero-order valence-corrected chi connectivity index (χ0v) is 9.77. The maximum atomic E-state index is 11.3. The average Bonchev–Trinajstić information content (AvgIpc) is 2.28. The predicted octanol–water partition coefficient (Wildman–Crippen LogP) is -0.217. The Labute approximate surface area is 103 Å². The summed E-state index contributed by atoms with van der Waals surface area (Å²) >= 11 is 0. The zero-order valence-electron chi connectivity index (χ0n) is 9.77. The van der Waals surface area contributed by atoms with Crippen molar-refractivity contribution in [2.24, 2.45) is 0 Å². The molecule has 0 aliphatic heterocycles. The van der Waals surface area contributed by atoms with Gasteiger partial charge in [0.25, 0.3) is 0 Å². The first-order valence-corrected chi connectivity index (χ1v) is 5.18. The molecule has 0 unspecified atom stereocenters. The average molecular weight is 251 g/mol. The molecule has 7 heteroatoms. The van der Waals surface area contributed by atoms with E-state index in [-0.39, 0.29) is 24.8 Å². The molecule has 0 saturated heterocycles. The summed E-state index contributed by atoms with van der Waals surface area (Å²) < 4.78 is 0. The van der Waals surface area contributed by atoms with Crippen LogP contribution in [0.1, 0.15) is 12.6 Å². The monoisotopic (exact) mass is 251 g/mol. The van der Waals surface area contributed by atoms with Crippen molar-refractivity contribution in [1.82, 2.24) is 10.3 Å². The summed E-state index contributed by atoms with van der Waals surface area (Å²) in [5.74, 6) is -1.64. The number of carboxylic acids is 1. The van der Waals surface area contributed by atoms with E-state index < -0.39 is 5.97 Å². The second kappa shape index (κ2) is 6.33. The van der Waals surface area contributed by atoms with E-state index in [1.165, 1.54) is 19.2 Å². The number of carbonyl (C=O) groups is 3. The minimum Gasteiger partial charge on any atom is -0.481 e. The van der Waals surface area contributed by atoms with Gasteiger partial charge in [-0.15, -0.1) is 0 Å². The molecule has 18 heavy (non-hydrogen) atoms. The largest absolute Gasteiger partial charge is 0.481 e. The number of anilines is 1. The van der Waals surface area contributed by atoms with Crippen LogP contribution in [0.25, 0.3) is 0 Å². The first-order chi connectivity index (χ1) is 8.47. The molecule has 1 rings (SSSR count). The summed E-state index contributed by atoms with van der Waals surface area (Å²) in [4.78, 5) is 36.2. The van der Waals surface area contributed by atoms with Crippen molar-refractivity contribution < 1.29 is 19.5 Å². The number of aromatic nitrogens is 1. The van der Waals surface area contributed by atoms with Crippen LogP contribution in [-0.4, -0.2) is 34.4 Å². The molecule has 1 heterocycles. The van der Waals surface area contributed by atoms with Crippen LogP contribution in [0.2, 0.25) is 0 Å². The van der Waals surface area contributed by atoms with Gasteiger partial charge in [-0.3, -0.25) is 19.4 Å². The Morgan fingerprint density at radius 1 is 1.33 bits per heavy atom. The van der Waals surface area contributed by atoms with Crippen LogP contribution in [-0.2, 0) is 20.8 Å². The van der Waals surface area contributed by atoms with Crippen LogP contribution in [0.5, 0.6) is 0 Å². The van der Waals surface area contributed by atoms with Gasteiger partial charge < -0.3 is 15.7 Å². The van der Waals surface area contributed by atoms with Gasteiger partial charge >= 0.3 is 5.97 Å². The molecular weight excluding hydrogens is 238 g/mol. The summed E-state index contributed by atoms with van der Waals surface area (Å²) in [5.41, 5.74) is 0.849. The number of hydrogen-bond donors (Lipinski definition) is 3. The lowest BCUT2D eigenvalue weighted by Crippen LogP contribution is -2.31. The van der Waals surface area contributed by atoms with E-state index in [1.54, 1.807) is 6.07 Å². The van der Waals surface area contributed by atoms with Crippen molar-refractivity contribution in [2.45, 2.75) is 13.3 Å². The molecule has 0 saturated carbocycles. The molecule has 0 aromatic carbocycles. The number of aliphatic carboxylic acids is 1. The lowest BCUT2D eigenvalue weighted by Gasteiger charge is -2.05. The van der Waals surface area contributed by atoms with Crippen molar-refractivity contribution >= 4 is 23.5 Å². The summed E-state index contributed by atoms with van der Waals surface area (Å²) in [7, 11) is 0. The maximum absolute atomic E-state index is 11.3. The summed E-state index contributed by atoms with van der Waals surface area (Å²) in [6.07, 6.45) is 1.20. The molecule has 1 aromatic rings. The molecule has 7 nitrogen and oxygen atoms in total. The van der Waals surface area contributed by atoms with E-state index in [2.05, 4.69) is 15.6 Å². The van der Waals surface area contributed by atoms with E-state index >= 15 is 0 Å². The van der Waals surface area contributed by atoms with Crippen LogP contribution in [0.3, 0.4) is 0 Å². The lowest BCUT2D eigenvalue weighted by molar-refractivity contribution is -0.136. The van der Waals surface area contributed by atoms with Gasteiger partial charge in [0.15, 0.2) is 0 Å². The van der Waals surface area contributed by atoms with Crippen molar-refractivity contribution in [1.29, 1.82) is 0 Å². The summed E-state index contributed by atoms with van der Waals surface area (Å²) in [6.45, 7) is 1.20. The zero-order chi connectivity index (χ0) is 13.5. The number of amides is 2. The highest BCUT2D eigenvalue weighted by Crippen LogP contribution is 2.06. The molecule has 1 aromatic heterocycles. The first-order valence-electron chi connectivity index (χ1n) is 5.18. The Kier molecular flexibility index (Phi) is 4.79. The Hall–Kier alpha value is -2.44. The highest BCUT2D eigenvalue weighted by atomic mass is 16.4. The van der Waals surface area contributed by atoms with Gasteiger partial charge in [0.05, 0.1) is 30.5 Å². The molecular formula is C11H13N3O4. The fraction of sp³-hybridized carbons (Fsp3) is 0.273. The molecule has 0 fully saturated rings. The molecule has 3 N–H and O–H groups in total. The first kappa shape index (κ1) is 13.6. The minimum absolute atomic E-state index is 0.119. The van der Waals surface area contributed by atoms with E-state index in [9.17, 15) is 14.4 Å². The smallest absolute Gasteiger partial charge is 0.309 e. The maximum Gasteiger partial charge on any atom is 0.309 e. The fourth-order valence-electron chi connectivity index (χ4n) is 1.17. The normalized spacial score (nSPS) is 9.61. The second-order valence-electron chi connectivity index (χ2n) is 3.57. The number of carbonyl (C=O) groups excluding carboxylic acids is 2. The fourth-order valence-corrected chi connectivity index (χ4v) is 1.17. The van der Waals surface area contributed by atoms with Crippen LogP contribution < -0.4 is 10.6 Å². The number of carboxylic acid groups (broad SMARTS) is 1. The van der Waals surface area contributed by atoms with Crippen LogP contribution in [0.15, 0.2) is 18.3 Å². The molecule has 96 valence electrons. The van der Waals surface area contributed by atoms with Gasteiger partial charge in [0.1, 0.15) is 0 Å². The van der Waals surface area contributed by atoms with Gasteiger partial charge in [0.2, 0.25) is 11.8 Å². The number of nitrogens with zero attached hydrogens (tertiary/aromatic N) is 1. The molecule has 0 aliphatic carbocycles. The van der Waals surface area contributed by atoms with Crippen LogP contribution >= 0.6 is 0 Å². The molecule has 0 spiro atoms. The molecule has 2 amide bonds. The quantitative estimate of drug-likeness (QED) is 0.670. The summed E-state index contributed by atoms with van der Waals surface area (Å²) in [5, 5.41) is 13.4. The van der Waals surface area contributed by atoms with E-state index in [0.717, 1.165) is 0 Å². The molecule has 0 radical (unpaired) electrons.